The van der Waals surface area contributed by atoms with Crippen LogP contribution in [0.15, 0.2) is 47.6 Å². The van der Waals surface area contributed by atoms with Gasteiger partial charge in [0.1, 0.15) is 12.4 Å². The average Bonchev–Trinajstić information content (AvgIpc) is 3.19. The average molecular weight is 485 g/mol. The van der Waals surface area contributed by atoms with Crippen LogP contribution in [0.2, 0.25) is 0 Å². The zero-order valence-electron chi connectivity index (χ0n) is 19.2. The van der Waals surface area contributed by atoms with Crippen molar-refractivity contribution in [2.75, 3.05) is 25.3 Å². The quantitative estimate of drug-likeness (QED) is 0.361. The summed E-state index contributed by atoms with van der Waals surface area (Å²) in [4.78, 5) is 36.3. The molecule has 0 saturated carbocycles. The number of rotatable bonds is 9. The van der Waals surface area contributed by atoms with Crippen molar-refractivity contribution in [2.45, 2.75) is 18.7 Å². The highest BCUT2D eigenvalue weighted by Gasteiger charge is 2.16. The second-order valence-corrected chi connectivity index (χ2v) is 8.12. The minimum absolute atomic E-state index is 0.0285. The second-order valence-electron chi connectivity index (χ2n) is 7.18. The molecule has 0 spiro atoms. The number of nitrogens with zero attached hydrogens (tertiary/aromatic N) is 3. The van der Waals surface area contributed by atoms with E-state index in [1.54, 1.807) is 11.6 Å². The minimum Gasteiger partial charge on any atom is -0.486 e. The van der Waals surface area contributed by atoms with Gasteiger partial charge in [0.2, 0.25) is 5.91 Å². The Balaban J connectivity index is 1.62. The summed E-state index contributed by atoms with van der Waals surface area (Å²) in [6, 6.07) is 11.9. The maximum Gasteiger partial charge on any atom is 0.337 e. The smallest absolute Gasteiger partial charge is 0.337 e. The molecule has 1 aromatic heterocycles. The van der Waals surface area contributed by atoms with Crippen LogP contribution in [-0.2, 0) is 27.9 Å². The third-order valence-electron chi connectivity index (χ3n) is 4.67. The molecule has 0 aliphatic heterocycles. The van der Waals surface area contributed by atoms with Gasteiger partial charge in [0.05, 0.1) is 31.1 Å². The topological polar surface area (TPSA) is 122 Å². The molecule has 1 N–H and O–H groups in total. The van der Waals surface area contributed by atoms with Crippen LogP contribution in [-0.4, -0.2) is 52.6 Å². The summed E-state index contributed by atoms with van der Waals surface area (Å²) in [7, 11) is 4.24. The Kier molecular flexibility index (Phi) is 8.25. The van der Waals surface area contributed by atoms with Crippen molar-refractivity contribution in [2.24, 2.45) is 7.05 Å². The molecular weight excluding hydrogens is 460 g/mol. The largest absolute Gasteiger partial charge is 0.486 e. The first kappa shape index (κ1) is 24.8. The second kappa shape index (κ2) is 11.3. The fraction of sp³-hybridized carbons (Fsp3) is 0.261. The number of hydrogen-bond donors (Lipinski definition) is 1. The monoisotopic (exact) mass is 484 g/mol. The summed E-state index contributed by atoms with van der Waals surface area (Å²) >= 11 is 1.19. The van der Waals surface area contributed by atoms with Crippen LogP contribution in [0.3, 0.4) is 0 Å². The van der Waals surface area contributed by atoms with E-state index in [0.717, 1.165) is 11.3 Å². The van der Waals surface area contributed by atoms with Gasteiger partial charge in [-0.15, -0.1) is 10.2 Å². The van der Waals surface area contributed by atoms with Gasteiger partial charge < -0.3 is 24.1 Å². The van der Waals surface area contributed by atoms with Crippen LogP contribution >= 0.6 is 11.8 Å². The van der Waals surface area contributed by atoms with Gasteiger partial charge in [0.15, 0.2) is 11.0 Å². The van der Waals surface area contributed by atoms with E-state index in [2.05, 4.69) is 15.5 Å². The molecule has 34 heavy (non-hydrogen) atoms. The molecule has 1 heterocycles. The van der Waals surface area contributed by atoms with Crippen LogP contribution in [0.5, 0.6) is 5.75 Å². The lowest BCUT2D eigenvalue weighted by Gasteiger charge is -2.10. The summed E-state index contributed by atoms with van der Waals surface area (Å²) in [5.41, 5.74) is 1.58. The van der Waals surface area contributed by atoms with Gasteiger partial charge in [-0.3, -0.25) is 4.79 Å². The van der Waals surface area contributed by atoms with Gasteiger partial charge in [0, 0.05) is 12.7 Å². The lowest BCUT2D eigenvalue weighted by Crippen LogP contribution is -2.16. The Labute approximate surface area is 200 Å². The van der Waals surface area contributed by atoms with Gasteiger partial charge in [0.25, 0.3) is 0 Å². The van der Waals surface area contributed by atoms with Crippen LogP contribution in [0.4, 0.5) is 5.69 Å². The number of carbonyl (C=O) groups excluding carboxylic acids is 3. The standard InChI is InChI=1S/C23H24N4O6S/c1-14-6-5-7-18(8-14)33-12-19-25-26-23(27(19)2)34-13-20(28)24-17-10-15(21(29)31-3)9-16(11-17)22(30)32-4/h5-11H,12-13H2,1-4H3,(H,24,28). The van der Waals surface area contributed by atoms with E-state index < -0.39 is 11.9 Å². The Hall–Kier alpha value is -3.86. The van der Waals surface area contributed by atoms with Gasteiger partial charge in [-0.25, -0.2) is 9.59 Å². The lowest BCUT2D eigenvalue weighted by molar-refractivity contribution is -0.113. The summed E-state index contributed by atoms with van der Waals surface area (Å²) in [6.45, 7) is 2.22. The number of methoxy groups -OCH3 is 2. The number of hydrogen-bond acceptors (Lipinski definition) is 9. The van der Waals surface area contributed by atoms with Crippen molar-refractivity contribution in [3.63, 3.8) is 0 Å². The Morgan fingerprint density at radius 3 is 2.29 bits per heavy atom. The number of carbonyl (C=O) groups is 3. The van der Waals surface area contributed by atoms with Crippen LogP contribution in [0.1, 0.15) is 32.1 Å². The molecular formula is C23H24N4O6S. The molecule has 1 amide bonds. The zero-order valence-corrected chi connectivity index (χ0v) is 20.0. The number of anilines is 1. The number of aromatic nitrogens is 3. The first-order chi connectivity index (χ1) is 16.3. The van der Waals surface area contributed by atoms with Gasteiger partial charge in [-0.2, -0.15) is 0 Å². The fourth-order valence-corrected chi connectivity index (χ4v) is 3.68. The molecule has 3 rings (SSSR count). The van der Waals surface area contributed by atoms with E-state index in [0.29, 0.717) is 11.0 Å². The molecule has 3 aromatic rings. The molecule has 0 radical (unpaired) electrons. The van der Waals surface area contributed by atoms with E-state index in [1.807, 2.05) is 31.2 Å². The SMILES string of the molecule is COC(=O)c1cc(NC(=O)CSc2nnc(COc3cccc(C)c3)n2C)cc(C(=O)OC)c1. The number of amides is 1. The third-order valence-corrected chi connectivity index (χ3v) is 5.69. The lowest BCUT2D eigenvalue weighted by atomic mass is 10.1. The third kappa shape index (κ3) is 6.35. The predicted octanol–water partition coefficient (Wildman–Crippen LogP) is 3.01. The van der Waals surface area contributed by atoms with E-state index in [9.17, 15) is 14.4 Å². The van der Waals surface area contributed by atoms with Gasteiger partial charge in [-0.1, -0.05) is 23.9 Å². The number of nitrogens with one attached hydrogen (secondary N) is 1. The van der Waals surface area contributed by atoms with Crippen LogP contribution in [0.25, 0.3) is 0 Å². The number of benzene rings is 2. The normalized spacial score (nSPS) is 10.5. The van der Waals surface area contributed by atoms with Crippen molar-refractivity contribution in [1.82, 2.24) is 14.8 Å². The summed E-state index contributed by atoms with van der Waals surface area (Å²) < 4.78 is 16.9. The van der Waals surface area contributed by atoms with Crippen molar-refractivity contribution in [3.05, 3.63) is 65.0 Å². The molecule has 0 fully saturated rings. The number of ether oxygens (including phenoxy) is 3. The minimum atomic E-state index is -0.643. The molecule has 0 aliphatic rings. The highest BCUT2D eigenvalue weighted by atomic mass is 32.2. The molecule has 0 aliphatic carbocycles. The molecule has 2 aromatic carbocycles. The summed E-state index contributed by atoms with van der Waals surface area (Å²) in [5.74, 6) is -0.274. The Morgan fingerprint density at radius 2 is 1.68 bits per heavy atom. The van der Waals surface area contributed by atoms with Gasteiger partial charge >= 0.3 is 11.9 Å². The van der Waals surface area contributed by atoms with Crippen molar-refractivity contribution >= 4 is 35.3 Å². The number of aryl methyl sites for hydroxylation is 1. The molecule has 178 valence electrons. The maximum absolute atomic E-state index is 12.5. The Morgan fingerprint density at radius 1 is 1.00 bits per heavy atom. The van der Waals surface area contributed by atoms with Crippen molar-refractivity contribution < 1.29 is 28.6 Å². The van der Waals surface area contributed by atoms with Crippen LogP contribution < -0.4 is 10.1 Å². The molecule has 0 unspecified atom stereocenters. The van der Waals surface area contributed by atoms with E-state index in [1.165, 1.54) is 44.2 Å². The zero-order chi connectivity index (χ0) is 24.7. The maximum atomic E-state index is 12.5. The van der Waals surface area contributed by atoms with Crippen molar-refractivity contribution in [3.8, 4) is 5.75 Å². The van der Waals surface area contributed by atoms with E-state index in [4.69, 9.17) is 14.2 Å². The van der Waals surface area contributed by atoms with Crippen molar-refractivity contribution in [1.29, 1.82) is 0 Å². The molecule has 0 saturated heterocycles. The highest BCUT2D eigenvalue weighted by molar-refractivity contribution is 7.99. The van der Waals surface area contributed by atoms with E-state index >= 15 is 0 Å². The molecule has 0 bridgehead atoms. The first-order valence-electron chi connectivity index (χ1n) is 10.1. The Bertz CT molecular complexity index is 1180. The number of thioether (sulfide) groups is 1. The van der Waals surface area contributed by atoms with Gasteiger partial charge in [-0.05, 0) is 42.8 Å². The summed E-state index contributed by atoms with van der Waals surface area (Å²) in [6.07, 6.45) is 0. The summed E-state index contributed by atoms with van der Waals surface area (Å²) in [5, 5.41) is 11.5. The molecule has 0 atom stereocenters. The fourth-order valence-electron chi connectivity index (χ4n) is 2.95. The first-order valence-corrected chi connectivity index (χ1v) is 11.1. The number of esters is 2. The molecule has 10 nitrogen and oxygen atoms in total. The molecule has 11 heteroatoms. The highest BCUT2D eigenvalue weighted by Crippen LogP contribution is 2.20. The van der Waals surface area contributed by atoms with Crippen LogP contribution in [0, 0.1) is 6.92 Å². The van der Waals surface area contributed by atoms with E-state index in [-0.39, 0.29) is 35.1 Å². The predicted molar refractivity (Wildman–Crippen MR) is 125 cm³/mol.